The zero-order valence-electron chi connectivity index (χ0n) is 25.9. The molecule has 2 aliphatic carbocycles. The van der Waals surface area contributed by atoms with Crippen molar-refractivity contribution in [2.45, 2.75) is 45.4 Å². The molecule has 0 unspecified atom stereocenters. The smallest absolute Gasteiger partial charge is 0.200 e. The van der Waals surface area contributed by atoms with Gasteiger partial charge < -0.3 is 9.42 Å². The largest absolute Gasteiger partial charge is 0.383 e. The Labute approximate surface area is 264 Å². The number of hydrogen-bond acceptors (Lipinski definition) is 12. The Morgan fingerprint density at radius 2 is 1.41 bits per heavy atom. The fraction of sp³-hybridized carbons (Fsp3) is 0.312. The standard InChI is InChI=1S/C17H19N5O2.C15H13N5O2/c1-11-13(6-7-15(20-11)22-10-18-9-19-22)17(24)14(8-21(2)3)16(23)12-4-5-12;1-9-11(4-5-13(19-9)20-8-16-7-17-20)14(21)12-6-18-22-15(12)10-2-3-10/h6-10,12H,4-5H2,1-3H3;4-8,10H,2-3H2,1H3/b14-8+;. The Kier molecular flexibility index (Phi) is 8.42. The molecule has 5 aromatic heterocycles. The van der Waals surface area contributed by atoms with Crippen LogP contribution in [0.5, 0.6) is 0 Å². The van der Waals surface area contributed by atoms with Crippen LogP contribution in [0.4, 0.5) is 0 Å². The second-order valence-corrected chi connectivity index (χ2v) is 11.5. The van der Waals surface area contributed by atoms with E-state index >= 15 is 0 Å². The van der Waals surface area contributed by atoms with Gasteiger partial charge in [0.15, 0.2) is 34.7 Å². The molecule has 14 nitrogen and oxygen atoms in total. The summed E-state index contributed by atoms with van der Waals surface area (Å²) in [5, 5.41) is 11.8. The van der Waals surface area contributed by atoms with Crippen molar-refractivity contribution in [1.29, 1.82) is 0 Å². The minimum atomic E-state index is -0.282. The van der Waals surface area contributed by atoms with Gasteiger partial charge in [0.05, 0.1) is 28.7 Å². The van der Waals surface area contributed by atoms with Crippen LogP contribution in [-0.2, 0) is 4.79 Å². The van der Waals surface area contributed by atoms with Gasteiger partial charge in [-0.1, -0.05) is 5.16 Å². The van der Waals surface area contributed by atoms with Crippen molar-refractivity contribution in [2.75, 3.05) is 14.1 Å². The molecule has 0 saturated heterocycles. The molecule has 5 heterocycles. The first-order valence-corrected chi connectivity index (χ1v) is 14.8. The van der Waals surface area contributed by atoms with Gasteiger partial charge in [0.25, 0.3) is 0 Å². The lowest BCUT2D eigenvalue weighted by Gasteiger charge is -2.12. The van der Waals surface area contributed by atoms with E-state index in [9.17, 15) is 14.4 Å². The van der Waals surface area contributed by atoms with Crippen LogP contribution in [-0.4, -0.2) is 81.0 Å². The summed E-state index contributed by atoms with van der Waals surface area (Å²) in [6, 6.07) is 6.89. The number of Topliss-reactive ketones (excluding diaryl/α,β-unsaturated/α-hetero) is 2. The van der Waals surface area contributed by atoms with Gasteiger partial charge in [0.2, 0.25) is 0 Å². The molecule has 0 aromatic carbocycles. The fourth-order valence-electron chi connectivity index (χ4n) is 4.89. The van der Waals surface area contributed by atoms with Crippen molar-refractivity contribution in [3.8, 4) is 11.6 Å². The van der Waals surface area contributed by atoms with Crippen LogP contribution in [0.25, 0.3) is 11.6 Å². The number of aromatic nitrogens is 9. The van der Waals surface area contributed by atoms with E-state index in [1.807, 2.05) is 0 Å². The van der Waals surface area contributed by atoms with Crippen molar-refractivity contribution < 1.29 is 18.9 Å². The van der Waals surface area contributed by atoms with E-state index < -0.39 is 0 Å². The maximum atomic E-state index is 12.9. The number of pyridine rings is 2. The molecule has 234 valence electrons. The molecular formula is C32H32N10O4. The Bertz CT molecular complexity index is 1920. The molecule has 0 spiro atoms. The van der Waals surface area contributed by atoms with Crippen molar-refractivity contribution in [3.05, 3.63) is 101 Å². The monoisotopic (exact) mass is 620 g/mol. The maximum Gasteiger partial charge on any atom is 0.200 e. The van der Waals surface area contributed by atoms with Crippen LogP contribution >= 0.6 is 0 Å². The second kappa shape index (κ2) is 12.8. The lowest BCUT2D eigenvalue weighted by atomic mass is 9.97. The van der Waals surface area contributed by atoms with E-state index in [2.05, 4.69) is 35.3 Å². The maximum absolute atomic E-state index is 12.9. The molecule has 7 rings (SSSR count). The van der Waals surface area contributed by atoms with Gasteiger partial charge in [-0.25, -0.2) is 29.3 Å². The molecule has 0 bridgehead atoms. The van der Waals surface area contributed by atoms with Crippen molar-refractivity contribution >= 4 is 17.3 Å². The van der Waals surface area contributed by atoms with E-state index in [0.29, 0.717) is 51.4 Å². The van der Waals surface area contributed by atoms with Gasteiger partial charge in [0, 0.05) is 43.3 Å². The highest BCUT2D eigenvalue weighted by atomic mass is 16.5. The average molecular weight is 621 g/mol. The van der Waals surface area contributed by atoms with E-state index in [-0.39, 0.29) is 28.8 Å². The van der Waals surface area contributed by atoms with E-state index in [4.69, 9.17) is 4.52 Å². The lowest BCUT2D eigenvalue weighted by Crippen LogP contribution is -2.19. The Morgan fingerprint density at radius 3 is 1.89 bits per heavy atom. The van der Waals surface area contributed by atoms with Gasteiger partial charge in [0.1, 0.15) is 25.3 Å². The Balaban J connectivity index is 0.000000162. The van der Waals surface area contributed by atoms with Gasteiger partial charge in [-0.2, -0.15) is 10.2 Å². The summed E-state index contributed by atoms with van der Waals surface area (Å²) in [5.74, 6) is 1.77. The molecule has 0 radical (unpaired) electrons. The summed E-state index contributed by atoms with van der Waals surface area (Å²) in [6.07, 6.45) is 12.9. The minimum absolute atomic E-state index is 0.0113. The van der Waals surface area contributed by atoms with Crippen LogP contribution in [0.2, 0.25) is 0 Å². The topological polar surface area (TPSA) is 168 Å². The zero-order valence-corrected chi connectivity index (χ0v) is 25.9. The quantitative estimate of drug-likeness (QED) is 0.0963. The molecule has 2 fully saturated rings. The second-order valence-electron chi connectivity index (χ2n) is 11.5. The van der Waals surface area contributed by atoms with E-state index in [0.717, 1.165) is 25.7 Å². The summed E-state index contributed by atoms with van der Waals surface area (Å²) in [7, 11) is 3.60. The number of hydrogen-bond donors (Lipinski definition) is 0. The first kappa shape index (κ1) is 30.4. The van der Waals surface area contributed by atoms with Gasteiger partial charge in [-0.3, -0.25) is 14.4 Å². The molecule has 0 aliphatic heterocycles. The Hall–Kier alpha value is -5.66. The van der Waals surface area contributed by atoms with E-state index in [1.165, 1.54) is 29.9 Å². The minimum Gasteiger partial charge on any atom is -0.383 e. The van der Waals surface area contributed by atoms with Gasteiger partial charge in [-0.15, -0.1) is 0 Å². The number of carbonyl (C=O) groups excluding carboxylic acids is 3. The van der Waals surface area contributed by atoms with Crippen LogP contribution in [0.15, 0.2) is 72.1 Å². The van der Waals surface area contributed by atoms with Crippen LogP contribution in [0.3, 0.4) is 0 Å². The molecule has 0 amide bonds. The molecule has 2 saturated carbocycles. The summed E-state index contributed by atoms with van der Waals surface area (Å²) in [5.41, 5.74) is 2.94. The van der Waals surface area contributed by atoms with Crippen LogP contribution in [0.1, 0.15) is 75.0 Å². The highest BCUT2D eigenvalue weighted by Gasteiger charge is 2.35. The SMILES string of the molecule is Cc1nc(-n2cncn2)ccc1C(=O)/C(=C/N(C)C)C(=O)C1CC1.Cc1nc(-n2cncn2)ccc1C(=O)c1cnoc1C1CC1. The summed E-state index contributed by atoms with van der Waals surface area (Å²) < 4.78 is 8.31. The predicted octanol–water partition coefficient (Wildman–Crippen LogP) is 3.65. The zero-order chi connectivity index (χ0) is 32.4. The summed E-state index contributed by atoms with van der Waals surface area (Å²) >= 11 is 0. The molecule has 5 aromatic rings. The highest BCUT2D eigenvalue weighted by molar-refractivity contribution is 6.27. The number of nitrogens with zero attached hydrogens (tertiary/aromatic N) is 10. The fourth-order valence-corrected chi connectivity index (χ4v) is 4.89. The first-order chi connectivity index (χ1) is 22.2. The van der Waals surface area contributed by atoms with Crippen LogP contribution < -0.4 is 0 Å². The number of allylic oxidation sites excluding steroid dienone is 1. The number of rotatable bonds is 10. The third-order valence-corrected chi connectivity index (χ3v) is 7.58. The summed E-state index contributed by atoms with van der Waals surface area (Å²) in [4.78, 5) is 56.4. The first-order valence-electron chi connectivity index (χ1n) is 14.8. The number of carbonyl (C=O) groups is 3. The molecule has 46 heavy (non-hydrogen) atoms. The van der Waals surface area contributed by atoms with Crippen molar-refractivity contribution in [1.82, 2.24) is 49.6 Å². The highest BCUT2D eigenvalue weighted by Crippen LogP contribution is 2.42. The van der Waals surface area contributed by atoms with Gasteiger partial charge in [-0.05, 0) is 63.8 Å². The van der Waals surface area contributed by atoms with Crippen molar-refractivity contribution in [2.24, 2.45) is 5.92 Å². The average Bonchev–Trinajstić information content (AvgIpc) is 3.87. The molecule has 14 heteroatoms. The van der Waals surface area contributed by atoms with E-state index in [1.54, 1.807) is 74.3 Å². The normalized spacial score (nSPS) is 14.4. The molecular weight excluding hydrogens is 588 g/mol. The number of ketones is 3. The number of aryl methyl sites for hydroxylation is 2. The molecule has 0 N–H and O–H groups in total. The van der Waals surface area contributed by atoms with Gasteiger partial charge >= 0.3 is 0 Å². The third-order valence-electron chi connectivity index (χ3n) is 7.58. The van der Waals surface area contributed by atoms with Crippen LogP contribution in [0, 0.1) is 19.8 Å². The lowest BCUT2D eigenvalue weighted by molar-refractivity contribution is -0.116. The molecule has 2 aliphatic rings. The summed E-state index contributed by atoms with van der Waals surface area (Å²) in [6.45, 7) is 3.56. The predicted molar refractivity (Wildman–Crippen MR) is 164 cm³/mol. The van der Waals surface area contributed by atoms with Crippen molar-refractivity contribution in [3.63, 3.8) is 0 Å². The molecule has 0 atom stereocenters. The third kappa shape index (κ3) is 6.55. The Morgan fingerprint density at radius 1 is 0.826 bits per heavy atom.